The number of amides is 1. The number of H-pyrrole nitrogens is 1. The number of aromatic hydroxyl groups is 2. The Morgan fingerprint density at radius 1 is 1.64 bits per heavy atom. The van der Waals surface area contributed by atoms with Crippen molar-refractivity contribution < 1.29 is 15.0 Å². The third-order valence-corrected chi connectivity index (χ3v) is 1.11. The van der Waals surface area contributed by atoms with Gasteiger partial charge in [-0.05, 0) is 0 Å². The van der Waals surface area contributed by atoms with E-state index < -0.39 is 11.8 Å². The number of carbonyl (C=O) groups is 1. The molecule has 1 aromatic heterocycles. The van der Waals surface area contributed by atoms with Crippen LogP contribution in [-0.2, 0) is 0 Å². The molecule has 6 nitrogen and oxygen atoms in total. The van der Waals surface area contributed by atoms with E-state index in [4.69, 9.17) is 15.7 Å². The number of hydrogen-bond acceptors (Lipinski definition) is 4. The minimum absolute atomic E-state index is 0.211. The molecular weight excluding hydrogens is 150 g/mol. The summed E-state index contributed by atoms with van der Waals surface area (Å²) in [5, 5.41) is 20.1. The van der Waals surface area contributed by atoms with Crippen molar-refractivity contribution in [3.63, 3.8) is 0 Å². The molecule has 11 heavy (non-hydrogen) atoms. The van der Waals surface area contributed by atoms with Gasteiger partial charge in [0.1, 0.15) is 5.56 Å². The highest BCUT2D eigenvalue weighted by atomic mass is 16.3. The summed E-state index contributed by atoms with van der Waals surface area (Å²) in [4.78, 5) is 12.7. The molecule has 0 fully saturated rings. The fourth-order valence-corrected chi connectivity index (χ4v) is 0.653. The second kappa shape index (κ2) is 2.41. The summed E-state index contributed by atoms with van der Waals surface area (Å²) in [6.07, 6.45) is 0. The first kappa shape index (κ1) is 7.26. The molecule has 1 aromatic rings. The molecule has 0 aromatic carbocycles. The van der Waals surface area contributed by atoms with Gasteiger partial charge in [0.25, 0.3) is 5.91 Å². The second-order valence-corrected chi connectivity index (χ2v) is 1.83. The number of carbonyl (C=O) groups excluding carboxylic acids is 1. The minimum Gasteiger partial charge on any atom is -0.494 e. The lowest BCUT2D eigenvalue weighted by molar-refractivity contribution is 0.0988. The first-order chi connectivity index (χ1) is 5.15. The van der Waals surface area contributed by atoms with E-state index in [0.717, 1.165) is 6.07 Å². The monoisotopic (exact) mass is 155 g/mol. The van der Waals surface area contributed by atoms with Gasteiger partial charge in [-0.1, -0.05) is 0 Å². The largest absolute Gasteiger partial charge is 0.494 e. The zero-order valence-corrected chi connectivity index (χ0v) is 5.33. The van der Waals surface area contributed by atoms with Gasteiger partial charge in [-0.2, -0.15) is 0 Å². The Balaban J connectivity index is 3.12. The Morgan fingerprint density at radius 3 is 2.64 bits per heavy atom. The zero-order chi connectivity index (χ0) is 8.43. The average molecular weight is 155 g/mol. The summed E-state index contributed by atoms with van der Waals surface area (Å²) in [6, 6.07) is 0.996. The van der Waals surface area contributed by atoms with Crippen LogP contribution in [0.4, 0.5) is 0 Å². The van der Waals surface area contributed by atoms with Crippen LogP contribution in [0.25, 0.3) is 0 Å². The Hall–Kier alpha value is -1.85. The van der Waals surface area contributed by atoms with E-state index >= 15 is 0 Å². The van der Waals surface area contributed by atoms with Gasteiger partial charge in [-0.3, -0.25) is 9.78 Å². The van der Waals surface area contributed by atoms with Gasteiger partial charge in [0.2, 0.25) is 5.88 Å². The van der Waals surface area contributed by atoms with Crippen molar-refractivity contribution in [2.75, 3.05) is 0 Å². The summed E-state index contributed by atoms with van der Waals surface area (Å²) >= 11 is 0. The third-order valence-electron chi connectivity index (χ3n) is 1.11. The molecule has 1 heterocycles. The molecule has 1 rings (SSSR count). The third kappa shape index (κ3) is 1.18. The highest BCUT2D eigenvalue weighted by molar-refractivity contribution is 5.97. The molecule has 0 unspecified atom stereocenters. The van der Waals surface area contributed by atoms with E-state index in [9.17, 15) is 4.79 Å². The molecule has 0 spiro atoms. The number of nitrogens with one attached hydrogen (secondary N) is 2. The molecule has 58 valence electrons. The smallest absolute Gasteiger partial charge is 0.300 e. The SMILES string of the molecule is N=NC(=O)c1cc(O)[nH]c1O. The first-order valence-electron chi connectivity index (χ1n) is 2.68. The lowest BCUT2D eigenvalue weighted by Gasteiger charge is -1.86. The van der Waals surface area contributed by atoms with Crippen LogP contribution in [0.5, 0.6) is 11.8 Å². The molecule has 0 aliphatic rings. The Morgan fingerprint density at radius 2 is 2.27 bits per heavy atom. The van der Waals surface area contributed by atoms with Crippen molar-refractivity contribution in [1.29, 1.82) is 5.53 Å². The Labute approximate surface area is 61.0 Å². The summed E-state index contributed by atoms with van der Waals surface area (Å²) in [5.74, 6) is -1.72. The van der Waals surface area contributed by atoms with E-state index in [2.05, 4.69) is 10.1 Å². The number of rotatable bonds is 1. The van der Waals surface area contributed by atoms with E-state index in [1.54, 1.807) is 0 Å². The van der Waals surface area contributed by atoms with Gasteiger partial charge in [0, 0.05) is 6.07 Å². The van der Waals surface area contributed by atoms with Crippen LogP contribution in [0.1, 0.15) is 10.4 Å². The fraction of sp³-hybridized carbons (Fsp3) is 0. The number of aromatic nitrogens is 1. The predicted molar refractivity (Wildman–Crippen MR) is 33.6 cm³/mol. The molecule has 0 saturated carbocycles. The van der Waals surface area contributed by atoms with Gasteiger partial charge >= 0.3 is 0 Å². The summed E-state index contributed by atoms with van der Waals surface area (Å²) < 4.78 is 0. The highest BCUT2D eigenvalue weighted by Gasteiger charge is 2.13. The Kier molecular flexibility index (Phi) is 1.59. The van der Waals surface area contributed by atoms with Crippen molar-refractivity contribution in [3.05, 3.63) is 11.6 Å². The van der Waals surface area contributed by atoms with Crippen LogP contribution in [0.15, 0.2) is 11.2 Å². The topological polar surface area (TPSA) is 110 Å². The van der Waals surface area contributed by atoms with Crippen molar-refractivity contribution in [2.45, 2.75) is 0 Å². The molecule has 1 amide bonds. The van der Waals surface area contributed by atoms with Crippen molar-refractivity contribution in [1.82, 2.24) is 4.98 Å². The van der Waals surface area contributed by atoms with E-state index in [1.807, 2.05) is 0 Å². The molecule has 0 saturated heterocycles. The quantitative estimate of drug-likeness (QED) is 0.445. The van der Waals surface area contributed by atoms with Gasteiger partial charge in [-0.25, -0.2) is 5.53 Å². The summed E-state index contributed by atoms with van der Waals surface area (Å²) in [6.45, 7) is 0. The molecule has 0 aliphatic carbocycles. The highest BCUT2D eigenvalue weighted by Crippen LogP contribution is 2.21. The molecular formula is C5H5N3O3. The minimum atomic E-state index is -0.904. The van der Waals surface area contributed by atoms with E-state index in [0.29, 0.717) is 0 Å². The van der Waals surface area contributed by atoms with Crippen molar-refractivity contribution >= 4 is 5.91 Å². The van der Waals surface area contributed by atoms with Crippen molar-refractivity contribution in [2.24, 2.45) is 5.11 Å². The maximum Gasteiger partial charge on any atom is 0.300 e. The standard InChI is InChI=1S/C5H5N3O3/c6-8-5(11)2-1-3(9)7-4(2)10/h1,6-7,9-10H. The summed E-state index contributed by atoms with van der Waals surface area (Å²) in [7, 11) is 0. The molecule has 0 aliphatic heterocycles. The number of nitrogens with zero attached hydrogens (tertiary/aromatic N) is 1. The molecule has 0 bridgehead atoms. The number of aromatic amines is 1. The van der Waals surface area contributed by atoms with Crippen LogP contribution in [-0.4, -0.2) is 21.1 Å². The fourth-order valence-electron chi connectivity index (χ4n) is 0.653. The molecule has 4 N–H and O–H groups in total. The first-order valence-corrected chi connectivity index (χ1v) is 2.68. The van der Waals surface area contributed by atoms with Crippen LogP contribution >= 0.6 is 0 Å². The normalized spacial score (nSPS) is 9.45. The lowest BCUT2D eigenvalue weighted by Crippen LogP contribution is -1.89. The van der Waals surface area contributed by atoms with Crippen LogP contribution in [0, 0.1) is 5.53 Å². The van der Waals surface area contributed by atoms with E-state index in [-0.39, 0.29) is 11.4 Å². The average Bonchev–Trinajstić information content (AvgIpc) is 2.28. The Bertz CT molecular complexity index is 304. The van der Waals surface area contributed by atoms with Gasteiger partial charge in [-0.15, -0.1) is 5.11 Å². The zero-order valence-electron chi connectivity index (χ0n) is 5.33. The second-order valence-electron chi connectivity index (χ2n) is 1.83. The molecule has 0 atom stereocenters. The van der Waals surface area contributed by atoms with Gasteiger partial charge < -0.3 is 10.2 Å². The molecule has 6 heteroatoms. The maximum atomic E-state index is 10.6. The van der Waals surface area contributed by atoms with Gasteiger partial charge in [0.05, 0.1) is 0 Å². The maximum absolute atomic E-state index is 10.6. The van der Waals surface area contributed by atoms with Crippen LogP contribution in [0.2, 0.25) is 0 Å². The van der Waals surface area contributed by atoms with Gasteiger partial charge in [0.15, 0.2) is 5.88 Å². The summed E-state index contributed by atoms with van der Waals surface area (Å²) in [5.41, 5.74) is 6.11. The predicted octanol–water partition coefficient (Wildman–Crippen LogP) is 0.597. The number of hydrogen-bond donors (Lipinski definition) is 4. The van der Waals surface area contributed by atoms with Crippen molar-refractivity contribution in [3.8, 4) is 11.8 Å². The van der Waals surface area contributed by atoms with Crippen LogP contribution < -0.4 is 0 Å². The van der Waals surface area contributed by atoms with Crippen LogP contribution in [0.3, 0.4) is 0 Å². The lowest BCUT2D eigenvalue weighted by atomic mass is 10.3. The van der Waals surface area contributed by atoms with E-state index in [1.165, 1.54) is 0 Å². The molecule has 0 radical (unpaired) electrons.